The Labute approximate surface area is 111 Å². The van der Waals surface area contributed by atoms with Gasteiger partial charge in [0.2, 0.25) is 5.91 Å². The van der Waals surface area contributed by atoms with E-state index in [9.17, 15) is 9.59 Å². The molecule has 1 unspecified atom stereocenters. The number of hydrogen-bond donors (Lipinski definition) is 1. The number of carbonyl (C=O) groups is 2. The second kappa shape index (κ2) is 5.84. The minimum Gasteiger partial charge on any atom is -0.465 e. The van der Waals surface area contributed by atoms with Crippen molar-refractivity contribution in [2.24, 2.45) is 5.92 Å². The first kappa shape index (κ1) is 13.5. The minimum atomic E-state index is -0.457. The van der Waals surface area contributed by atoms with E-state index in [4.69, 9.17) is 9.47 Å². The molecule has 1 N–H and O–H groups in total. The molecule has 1 aromatic rings. The summed E-state index contributed by atoms with van der Waals surface area (Å²) in [6.07, 6.45) is 0.714. The summed E-state index contributed by atoms with van der Waals surface area (Å²) >= 11 is 0. The van der Waals surface area contributed by atoms with Crippen LogP contribution in [0.2, 0.25) is 0 Å². The number of hydrogen-bond acceptors (Lipinski definition) is 4. The van der Waals surface area contributed by atoms with Crippen LogP contribution in [-0.4, -0.2) is 32.2 Å². The van der Waals surface area contributed by atoms with Gasteiger partial charge in [-0.05, 0) is 25.5 Å². The zero-order valence-electron chi connectivity index (χ0n) is 11.1. The average Bonchev–Trinajstić information content (AvgIpc) is 2.94. The van der Waals surface area contributed by atoms with Crippen LogP contribution in [0.5, 0.6) is 0 Å². The molecular weight excluding hydrogens is 246 g/mol. The molecule has 19 heavy (non-hydrogen) atoms. The fraction of sp³-hybridized carbons (Fsp3) is 0.429. The summed E-state index contributed by atoms with van der Waals surface area (Å²) in [6, 6.07) is 5.26. The van der Waals surface area contributed by atoms with Crippen LogP contribution in [0.3, 0.4) is 0 Å². The smallest absolute Gasteiger partial charge is 0.339 e. The minimum absolute atomic E-state index is 0.119. The molecule has 1 saturated heterocycles. The quantitative estimate of drug-likeness (QED) is 0.844. The van der Waals surface area contributed by atoms with Crippen LogP contribution in [0.25, 0.3) is 0 Å². The number of nitrogens with one attached hydrogen (secondary N) is 1. The van der Waals surface area contributed by atoms with E-state index in [0.717, 1.165) is 5.56 Å². The third-order valence-corrected chi connectivity index (χ3v) is 3.14. The highest BCUT2D eigenvalue weighted by Gasteiger charge is 2.24. The maximum absolute atomic E-state index is 12.0. The van der Waals surface area contributed by atoms with E-state index in [1.54, 1.807) is 12.1 Å². The number of methoxy groups -OCH3 is 1. The molecule has 1 aromatic carbocycles. The Kier molecular flexibility index (Phi) is 4.16. The van der Waals surface area contributed by atoms with Crippen molar-refractivity contribution in [3.63, 3.8) is 0 Å². The standard InChI is InChI=1S/C14H17NO4/c1-9-3-4-12(11(7-9)14(17)18-2)15-13(16)10-5-6-19-8-10/h3-4,7,10H,5-6,8H2,1-2H3,(H,15,16). The van der Waals surface area contributed by atoms with E-state index in [-0.39, 0.29) is 11.8 Å². The van der Waals surface area contributed by atoms with Crippen molar-refractivity contribution < 1.29 is 19.1 Å². The first-order valence-corrected chi connectivity index (χ1v) is 6.19. The molecule has 1 aliphatic rings. The second-order valence-corrected chi connectivity index (χ2v) is 4.59. The largest absolute Gasteiger partial charge is 0.465 e. The maximum atomic E-state index is 12.0. The number of amides is 1. The summed E-state index contributed by atoms with van der Waals surface area (Å²) in [6.45, 7) is 2.92. The van der Waals surface area contributed by atoms with Gasteiger partial charge in [0.1, 0.15) is 0 Å². The van der Waals surface area contributed by atoms with E-state index in [2.05, 4.69) is 5.32 Å². The van der Waals surface area contributed by atoms with E-state index < -0.39 is 5.97 Å². The number of rotatable bonds is 3. The SMILES string of the molecule is COC(=O)c1cc(C)ccc1NC(=O)C1CCOC1. The summed E-state index contributed by atoms with van der Waals surface area (Å²) in [5.41, 5.74) is 1.78. The van der Waals surface area contributed by atoms with E-state index in [1.807, 2.05) is 13.0 Å². The van der Waals surface area contributed by atoms with Crippen molar-refractivity contribution in [2.75, 3.05) is 25.6 Å². The van der Waals surface area contributed by atoms with Gasteiger partial charge in [0, 0.05) is 6.61 Å². The molecule has 5 heteroatoms. The summed E-state index contributed by atoms with van der Waals surface area (Å²) in [5, 5.41) is 2.78. The van der Waals surface area contributed by atoms with Crippen molar-refractivity contribution in [1.82, 2.24) is 0 Å². The number of aryl methyl sites for hydroxylation is 1. The molecule has 0 aliphatic carbocycles. The number of esters is 1. The topological polar surface area (TPSA) is 64.6 Å². The molecule has 2 rings (SSSR count). The highest BCUT2D eigenvalue weighted by molar-refractivity contribution is 6.02. The molecule has 1 atom stereocenters. The molecule has 5 nitrogen and oxygen atoms in total. The molecule has 0 aromatic heterocycles. The van der Waals surface area contributed by atoms with Gasteiger partial charge in [-0.2, -0.15) is 0 Å². The molecule has 102 valence electrons. The Hall–Kier alpha value is -1.88. The summed E-state index contributed by atoms with van der Waals surface area (Å²) in [4.78, 5) is 23.7. The van der Waals surface area contributed by atoms with Gasteiger partial charge >= 0.3 is 5.97 Å². The maximum Gasteiger partial charge on any atom is 0.339 e. The molecule has 1 aliphatic heterocycles. The van der Waals surface area contributed by atoms with Gasteiger partial charge in [0.15, 0.2) is 0 Å². The van der Waals surface area contributed by atoms with Crippen molar-refractivity contribution in [3.05, 3.63) is 29.3 Å². The Morgan fingerprint density at radius 2 is 2.21 bits per heavy atom. The highest BCUT2D eigenvalue weighted by Crippen LogP contribution is 2.21. The first-order chi connectivity index (χ1) is 9.11. The monoisotopic (exact) mass is 263 g/mol. The third kappa shape index (κ3) is 3.12. The van der Waals surface area contributed by atoms with Gasteiger partial charge in [0.05, 0.1) is 30.9 Å². The first-order valence-electron chi connectivity index (χ1n) is 6.19. The zero-order valence-corrected chi connectivity index (χ0v) is 11.1. The highest BCUT2D eigenvalue weighted by atomic mass is 16.5. The molecule has 0 spiro atoms. The molecular formula is C14H17NO4. The van der Waals surface area contributed by atoms with Gasteiger partial charge in [-0.1, -0.05) is 11.6 Å². The van der Waals surface area contributed by atoms with Crippen LogP contribution in [-0.2, 0) is 14.3 Å². The van der Waals surface area contributed by atoms with Crippen LogP contribution in [0.4, 0.5) is 5.69 Å². The van der Waals surface area contributed by atoms with Crippen LogP contribution in [0.1, 0.15) is 22.3 Å². The van der Waals surface area contributed by atoms with Crippen molar-refractivity contribution in [3.8, 4) is 0 Å². The van der Waals surface area contributed by atoms with Crippen LogP contribution >= 0.6 is 0 Å². The van der Waals surface area contributed by atoms with Gasteiger partial charge in [-0.3, -0.25) is 4.79 Å². The lowest BCUT2D eigenvalue weighted by Gasteiger charge is -2.13. The van der Waals surface area contributed by atoms with Gasteiger partial charge in [-0.15, -0.1) is 0 Å². The molecule has 0 radical (unpaired) electrons. The molecule has 0 bridgehead atoms. The number of ether oxygens (including phenoxy) is 2. The van der Waals surface area contributed by atoms with E-state index >= 15 is 0 Å². The fourth-order valence-electron chi connectivity index (χ4n) is 2.02. The summed E-state index contributed by atoms with van der Waals surface area (Å²) in [7, 11) is 1.32. The van der Waals surface area contributed by atoms with Gasteiger partial charge in [0.25, 0.3) is 0 Å². The normalized spacial score (nSPS) is 18.1. The van der Waals surface area contributed by atoms with Gasteiger partial charge < -0.3 is 14.8 Å². The van der Waals surface area contributed by atoms with Gasteiger partial charge in [-0.25, -0.2) is 4.79 Å². The molecule has 1 fully saturated rings. The predicted molar refractivity (Wildman–Crippen MR) is 70.1 cm³/mol. The Morgan fingerprint density at radius 1 is 1.42 bits per heavy atom. The molecule has 1 heterocycles. The lowest BCUT2D eigenvalue weighted by atomic mass is 10.1. The van der Waals surface area contributed by atoms with Crippen molar-refractivity contribution in [1.29, 1.82) is 0 Å². The summed E-state index contributed by atoms with van der Waals surface area (Å²) < 4.78 is 9.91. The summed E-state index contributed by atoms with van der Waals surface area (Å²) in [5.74, 6) is -0.722. The lowest BCUT2D eigenvalue weighted by Crippen LogP contribution is -2.24. The van der Waals surface area contributed by atoms with E-state index in [1.165, 1.54) is 7.11 Å². The number of carbonyl (C=O) groups excluding carboxylic acids is 2. The fourth-order valence-corrected chi connectivity index (χ4v) is 2.02. The molecule has 1 amide bonds. The van der Waals surface area contributed by atoms with Crippen LogP contribution < -0.4 is 5.32 Å². The Balaban J connectivity index is 2.19. The average molecular weight is 263 g/mol. The zero-order chi connectivity index (χ0) is 13.8. The van der Waals surface area contributed by atoms with Crippen molar-refractivity contribution in [2.45, 2.75) is 13.3 Å². The lowest BCUT2D eigenvalue weighted by molar-refractivity contribution is -0.119. The second-order valence-electron chi connectivity index (χ2n) is 4.59. The molecule has 0 saturated carbocycles. The Morgan fingerprint density at radius 3 is 2.84 bits per heavy atom. The van der Waals surface area contributed by atoms with Crippen LogP contribution in [0.15, 0.2) is 18.2 Å². The van der Waals surface area contributed by atoms with E-state index in [0.29, 0.717) is 30.9 Å². The third-order valence-electron chi connectivity index (χ3n) is 3.14. The number of anilines is 1. The Bertz CT molecular complexity index is 492. The predicted octanol–water partition coefficient (Wildman–Crippen LogP) is 1.76. The van der Waals surface area contributed by atoms with Crippen molar-refractivity contribution >= 4 is 17.6 Å². The van der Waals surface area contributed by atoms with Crippen LogP contribution in [0, 0.1) is 12.8 Å². The number of benzene rings is 1.